The second-order valence-electron chi connectivity index (χ2n) is 10.2. The number of rotatable bonds is 8. The van der Waals surface area contributed by atoms with Crippen molar-refractivity contribution in [2.45, 2.75) is 44.2 Å². The van der Waals surface area contributed by atoms with E-state index in [0.29, 0.717) is 30.6 Å². The smallest absolute Gasteiger partial charge is 0.246 e. The number of nitrogens with one attached hydrogen (secondary N) is 1. The van der Waals surface area contributed by atoms with Gasteiger partial charge < -0.3 is 20.7 Å². The Kier molecular flexibility index (Phi) is 7.23. The van der Waals surface area contributed by atoms with Crippen LogP contribution < -0.4 is 15.8 Å². The number of carbonyl (C=O) groups excluding carboxylic acids is 1. The van der Waals surface area contributed by atoms with Crippen molar-refractivity contribution in [3.05, 3.63) is 73.1 Å². The second-order valence-corrected chi connectivity index (χ2v) is 10.2. The summed E-state index contributed by atoms with van der Waals surface area (Å²) in [4.78, 5) is 23.5. The third kappa shape index (κ3) is 5.49. The monoisotopic (exact) mass is 523 g/mol. The molecule has 2 fully saturated rings. The highest BCUT2D eigenvalue weighted by Gasteiger charge is 2.30. The van der Waals surface area contributed by atoms with Gasteiger partial charge in [-0.15, -0.1) is 0 Å². The lowest BCUT2D eigenvalue weighted by Crippen LogP contribution is -2.29. The van der Waals surface area contributed by atoms with E-state index in [0.717, 1.165) is 41.1 Å². The summed E-state index contributed by atoms with van der Waals surface area (Å²) in [5.74, 6) is 1.92. The van der Waals surface area contributed by atoms with E-state index < -0.39 is 0 Å². The van der Waals surface area contributed by atoms with Crippen molar-refractivity contribution >= 4 is 22.8 Å². The third-order valence-electron chi connectivity index (χ3n) is 7.59. The first-order valence-electron chi connectivity index (χ1n) is 13.7. The zero-order chi connectivity index (χ0) is 26.6. The number of nitrogens with zero attached hydrogens (tertiary/aromatic N) is 5. The van der Waals surface area contributed by atoms with Gasteiger partial charge in [0.2, 0.25) is 5.91 Å². The van der Waals surface area contributed by atoms with Crippen LogP contribution in [-0.4, -0.2) is 56.2 Å². The number of likely N-dealkylation sites (tertiary alicyclic amines) is 1. The number of fused-ring (bicyclic) bond motifs is 1. The molecule has 1 aliphatic heterocycles. The molecule has 1 atom stereocenters. The van der Waals surface area contributed by atoms with E-state index in [9.17, 15) is 4.79 Å². The molecule has 1 saturated heterocycles. The molecule has 0 spiro atoms. The van der Waals surface area contributed by atoms with Crippen molar-refractivity contribution in [3.8, 4) is 22.8 Å². The van der Waals surface area contributed by atoms with E-state index in [1.165, 1.54) is 32.0 Å². The zero-order valence-corrected chi connectivity index (χ0v) is 21.9. The molecule has 1 amide bonds. The van der Waals surface area contributed by atoms with Crippen molar-refractivity contribution in [3.63, 3.8) is 0 Å². The number of hydrogen-bond donors (Lipinski definition) is 2. The Hall–Kier alpha value is -4.24. The number of hydrogen-bond acceptors (Lipinski definition) is 7. The third-order valence-corrected chi connectivity index (χ3v) is 7.59. The Morgan fingerprint density at radius 2 is 1.79 bits per heavy atom. The van der Waals surface area contributed by atoms with Crippen LogP contribution in [0.25, 0.3) is 22.3 Å². The summed E-state index contributed by atoms with van der Waals surface area (Å²) >= 11 is 0. The minimum Gasteiger partial charge on any atom is -0.457 e. The van der Waals surface area contributed by atoms with Crippen LogP contribution in [0.2, 0.25) is 0 Å². The molecule has 2 aromatic carbocycles. The summed E-state index contributed by atoms with van der Waals surface area (Å²) < 4.78 is 7.85. The molecule has 3 N–H and O–H groups in total. The second kappa shape index (κ2) is 11.2. The standard InChI is InChI=1S/C30H33N7O2/c31-29-27-28(21-12-14-25(15-13-21)39-24-9-2-1-3-10-24)35-37(30(27)34-20-33-29)23-16-18-36(19-23)26(38)11-6-17-32-22-7-4-5-8-22/h1-3,6,9-15,20,22-23,32H,4-5,7-8,16-19H2,(H2,31,33,34)/b11-6+. The minimum absolute atomic E-state index is 0.00482. The molecule has 39 heavy (non-hydrogen) atoms. The normalized spacial score (nSPS) is 17.9. The first-order valence-corrected chi connectivity index (χ1v) is 13.7. The van der Waals surface area contributed by atoms with Gasteiger partial charge in [0.15, 0.2) is 5.65 Å². The van der Waals surface area contributed by atoms with Gasteiger partial charge in [-0.1, -0.05) is 37.1 Å². The first-order chi connectivity index (χ1) is 19.2. The van der Waals surface area contributed by atoms with E-state index in [-0.39, 0.29) is 11.9 Å². The molecule has 9 heteroatoms. The van der Waals surface area contributed by atoms with Crippen LogP contribution in [0.1, 0.15) is 38.1 Å². The molecular weight excluding hydrogens is 490 g/mol. The summed E-state index contributed by atoms with van der Waals surface area (Å²) in [6.07, 6.45) is 10.9. The van der Waals surface area contributed by atoms with Gasteiger partial charge in [-0.2, -0.15) is 5.10 Å². The largest absolute Gasteiger partial charge is 0.457 e. The van der Waals surface area contributed by atoms with Crippen LogP contribution in [0.3, 0.4) is 0 Å². The maximum atomic E-state index is 12.8. The predicted octanol–water partition coefficient (Wildman–Crippen LogP) is 4.73. The summed E-state index contributed by atoms with van der Waals surface area (Å²) in [6.45, 7) is 1.97. The number of benzene rings is 2. The molecule has 1 unspecified atom stereocenters. The molecule has 3 heterocycles. The lowest BCUT2D eigenvalue weighted by atomic mass is 10.1. The Labute approximate surface area is 227 Å². The average molecular weight is 524 g/mol. The van der Waals surface area contributed by atoms with Crippen molar-refractivity contribution in [1.29, 1.82) is 0 Å². The number of anilines is 1. The van der Waals surface area contributed by atoms with Crippen LogP contribution in [-0.2, 0) is 4.79 Å². The van der Waals surface area contributed by atoms with E-state index in [1.54, 1.807) is 6.08 Å². The quantitative estimate of drug-likeness (QED) is 0.321. The van der Waals surface area contributed by atoms with Gasteiger partial charge in [0.05, 0.1) is 11.4 Å². The SMILES string of the molecule is Nc1ncnc2c1c(-c1ccc(Oc3ccccc3)cc1)nn2C1CCN(C(=O)/C=C/CNC2CCCC2)C1. The van der Waals surface area contributed by atoms with Crippen LogP contribution in [0.15, 0.2) is 73.1 Å². The van der Waals surface area contributed by atoms with Crippen LogP contribution in [0, 0.1) is 0 Å². The van der Waals surface area contributed by atoms with Gasteiger partial charge >= 0.3 is 0 Å². The number of nitrogen functional groups attached to an aromatic ring is 1. The van der Waals surface area contributed by atoms with Gasteiger partial charge in [-0.05, 0) is 55.7 Å². The summed E-state index contributed by atoms with van der Waals surface area (Å²) in [5, 5.41) is 9.19. The minimum atomic E-state index is 0.00482. The molecule has 9 nitrogen and oxygen atoms in total. The fraction of sp³-hybridized carbons (Fsp3) is 0.333. The lowest BCUT2D eigenvalue weighted by molar-refractivity contribution is -0.125. The summed E-state index contributed by atoms with van der Waals surface area (Å²) in [5.41, 5.74) is 8.61. The van der Waals surface area contributed by atoms with Crippen molar-refractivity contribution < 1.29 is 9.53 Å². The molecule has 2 aliphatic rings. The molecule has 0 radical (unpaired) electrons. The van der Waals surface area contributed by atoms with Gasteiger partial charge in [0, 0.05) is 37.3 Å². The number of aromatic nitrogens is 4. The van der Waals surface area contributed by atoms with Crippen LogP contribution in [0.5, 0.6) is 11.5 Å². The molecule has 0 bridgehead atoms. The maximum absolute atomic E-state index is 12.8. The van der Waals surface area contributed by atoms with E-state index in [4.69, 9.17) is 15.6 Å². The molecular formula is C30H33N7O2. The Morgan fingerprint density at radius 3 is 2.59 bits per heavy atom. The Bertz CT molecular complexity index is 1460. The van der Waals surface area contributed by atoms with Crippen LogP contribution >= 0.6 is 0 Å². The molecule has 1 aliphatic carbocycles. The molecule has 1 saturated carbocycles. The van der Waals surface area contributed by atoms with Gasteiger partial charge in [-0.3, -0.25) is 4.79 Å². The first kappa shape index (κ1) is 25.1. The summed E-state index contributed by atoms with van der Waals surface area (Å²) in [7, 11) is 0. The molecule has 6 rings (SSSR count). The Balaban J connectivity index is 1.18. The van der Waals surface area contributed by atoms with Crippen molar-refractivity contribution in [2.75, 3.05) is 25.4 Å². The van der Waals surface area contributed by atoms with Crippen molar-refractivity contribution in [2.24, 2.45) is 0 Å². The number of para-hydroxylation sites is 1. The van der Waals surface area contributed by atoms with Crippen LogP contribution in [0.4, 0.5) is 5.82 Å². The lowest BCUT2D eigenvalue weighted by Gasteiger charge is -2.15. The highest BCUT2D eigenvalue weighted by molar-refractivity contribution is 5.98. The number of nitrogens with two attached hydrogens (primary N) is 1. The topological polar surface area (TPSA) is 111 Å². The molecule has 2 aromatic heterocycles. The maximum Gasteiger partial charge on any atom is 0.246 e. The fourth-order valence-corrected chi connectivity index (χ4v) is 5.53. The number of carbonyl (C=O) groups is 1. The van der Waals surface area contributed by atoms with E-state index in [1.807, 2.05) is 70.3 Å². The van der Waals surface area contributed by atoms with Gasteiger partial charge in [0.25, 0.3) is 0 Å². The Morgan fingerprint density at radius 1 is 1.03 bits per heavy atom. The molecule has 200 valence electrons. The molecule has 4 aromatic rings. The number of ether oxygens (including phenoxy) is 1. The zero-order valence-electron chi connectivity index (χ0n) is 21.9. The summed E-state index contributed by atoms with van der Waals surface area (Å²) in [6, 6.07) is 18.0. The highest BCUT2D eigenvalue weighted by atomic mass is 16.5. The highest BCUT2D eigenvalue weighted by Crippen LogP contribution is 2.35. The average Bonchev–Trinajstić information content (AvgIpc) is 3.73. The fourth-order valence-electron chi connectivity index (χ4n) is 5.53. The van der Waals surface area contributed by atoms with E-state index in [2.05, 4.69) is 15.3 Å². The van der Waals surface area contributed by atoms with E-state index >= 15 is 0 Å². The predicted molar refractivity (Wildman–Crippen MR) is 151 cm³/mol. The van der Waals surface area contributed by atoms with Gasteiger partial charge in [0.1, 0.15) is 29.3 Å². The number of amides is 1. The van der Waals surface area contributed by atoms with Gasteiger partial charge in [-0.25, -0.2) is 14.6 Å². The van der Waals surface area contributed by atoms with Crippen molar-refractivity contribution in [1.82, 2.24) is 30.0 Å².